The Balaban J connectivity index is 1.30. The van der Waals surface area contributed by atoms with Gasteiger partial charge in [-0.05, 0) is 67.2 Å². The van der Waals surface area contributed by atoms with Crippen LogP contribution in [0.25, 0.3) is 6.08 Å². The number of piperazine rings is 1. The molecule has 3 aliphatic rings. The van der Waals surface area contributed by atoms with Crippen molar-refractivity contribution in [3.8, 4) is 0 Å². The Bertz CT molecular complexity index is 1480. The average molecular weight is 682 g/mol. The molecule has 0 spiro atoms. The van der Waals surface area contributed by atoms with E-state index in [4.69, 9.17) is 14.2 Å². The first-order valence-electron chi connectivity index (χ1n) is 17.1. The number of rotatable bonds is 6. The second-order valence-electron chi connectivity index (χ2n) is 13.2. The second kappa shape index (κ2) is 16.9. The lowest BCUT2D eigenvalue weighted by molar-refractivity contribution is -0.151. The second-order valence-corrected chi connectivity index (χ2v) is 13.2. The van der Waals surface area contributed by atoms with Gasteiger partial charge in [0, 0.05) is 63.3 Å². The smallest absolute Gasteiger partial charge is 0.410 e. The Morgan fingerprint density at radius 3 is 2.51 bits per heavy atom. The summed E-state index contributed by atoms with van der Waals surface area (Å²) in [5, 5.41) is 14.7. The first kappa shape index (κ1) is 36.1. The number of morpholine rings is 1. The minimum Gasteiger partial charge on any atom is -0.457 e. The van der Waals surface area contributed by atoms with E-state index in [0.717, 1.165) is 0 Å². The van der Waals surface area contributed by atoms with E-state index in [2.05, 4.69) is 10.00 Å². The van der Waals surface area contributed by atoms with Crippen LogP contribution in [0.3, 0.4) is 0 Å². The predicted octanol–water partition coefficient (Wildman–Crippen LogP) is 3.90. The molecule has 1 N–H and O–H groups in total. The normalized spacial score (nSPS) is 26.7. The molecule has 2 saturated heterocycles. The zero-order valence-electron chi connectivity index (χ0n) is 28.6. The molecule has 3 aliphatic heterocycles. The number of aliphatic hydroxyl groups excluding tert-OH is 1. The SMILES string of the molecule is C/C(=C\c1cc(F)cc(N2CCN(C(=O)Cn3cccn3)CC2)c1)[C@H]1OC(=O)C[C@H](O)CC[C@H](C)[C@H](OC(=O)N2CCOCC2)/C=C/[C@@H]1C. The summed E-state index contributed by atoms with van der Waals surface area (Å²) in [5.74, 6) is -1.36. The van der Waals surface area contributed by atoms with E-state index in [1.54, 1.807) is 39.0 Å². The van der Waals surface area contributed by atoms with Crippen molar-refractivity contribution in [2.24, 2.45) is 11.8 Å². The number of carbonyl (C=O) groups excluding carboxylic acids is 3. The van der Waals surface area contributed by atoms with Gasteiger partial charge in [-0.3, -0.25) is 14.3 Å². The molecule has 2 aromatic rings. The van der Waals surface area contributed by atoms with Crippen LogP contribution in [0.15, 0.2) is 54.4 Å². The van der Waals surface area contributed by atoms with Crippen LogP contribution in [0.4, 0.5) is 14.9 Å². The van der Waals surface area contributed by atoms with Crippen LogP contribution >= 0.6 is 0 Å². The van der Waals surface area contributed by atoms with Crippen molar-refractivity contribution in [3.63, 3.8) is 0 Å². The summed E-state index contributed by atoms with van der Waals surface area (Å²) in [5.41, 5.74) is 2.00. The van der Waals surface area contributed by atoms with Gasteiger partial charge in [-0.2, -0.15) is 5.10 Å². The van der Waals surface area contributed by atoms with Crippen molar-refractivity contribution in [1.29, 1.82) is 0 Å². The summed E-state index contributed by atoms with van der Waals surface area (Å²) in [6, 6.07) is 6.58. The maximum atomic E-state index is 15.0. The van der Waals surface area contributed by atoms with E-state index in [0.29, 0.717) is 82.1 Å². The van der Waals surface area contributed by atoms with Crippen LogP contribution in [-0.4, -0.2) is 113 Å². The van der Waals surface area contributed by atoms with Gasteiger partial charge in [0.15, 0.2) is 0 Å². The molecule has 0 aliphatic carbocycles. The van der Waals surface area contributed by atoms with Gasteiger partial charge in [0.05, 0.1) is 25.7 Å². The van der Waals surface area contributed by atoms with Crippen molar-refractivity contribution in [2.75, 3.05) is 57.4 Å². The Hall–Kier alpha value is -4.23. The number of anilines is 1. The predicted molar refractivity (Wildman–Crippen MR) is 181 cm³/mol. The molecule has 5 rings (SSSR count). The fourth-order valence-electron chi connectivity index (χ4n) is 6.44. The number of benzene rings is 1. The largest absolute Gasteiger partial charge is 0.457 e. The Kier molecular flexibility index (Phi) is 12.5. The number of halogens is 1. The summed E-state index contributed by atoms with van der Waals surface area (Å²) in [6.45, 7) is 9.86. The van der Waals surface area contributed by atoms with E-state index in [-0.39, 0.29) is 30.7 Å². The molecular weight excluding hydrogens is 633 g/mol. The number of cyclic esters (lactones) is 1. The molecule has 49 heavy (non-hydrogen) atoms. The quantitative estimate of drug-likeness (QED) is 0.357. The van der Waals surface area contributed by atoms with Crippen LogP contribution in [0.5, 0.6) is 0 Å². The summed E-state index contributed by atoms with van der Waals surface area (Å²) in [4.78, 5) is 44.1. The Morgan fingerprint density at radius 2 is 1.80 bits per heavy atom. The number of esters is 1. The number of ether oxygens (including phenoxy) is 3. The van der Waals surface area contributed by atoms with Gasteiger partial charge in [-0.15, -0.1) is 0 Å². The molecule has 5 atom stereocenters. The minimum absolute atomic E-state index is 0.0138. The van der Waals surface area contributed by atoms with Crippen molar-refractivity contribution in [2.45, 2.75) is 64.9 Å². The van der Waals surface area contributed by atoms with Gasteiger partial charge in [0.2, 0.25) is 5.91 Å². The lowest BCUT2D eigenvalue weighted by atomic mass is 9.91. The molecule has 2 fully saturated rings. The molecule has 0 radical (unpaired) electrons. The lowest BCUT2D eigenvalue weighted by Gasteiger charge is -2.36. The van der Waals surface area contributed by atoms with Gasteiger partial charge < -0.3 is 34.0 Å². The fourth-order valence-corrected chi connectivity index (χ4v) is 6.44. The zero-order valence-corrected chi connectivity index (χ0v) is 28.6. The summed E-state index contributed by atoms with van der Waals surface area (Å²) >= 11 is 0. The summed E-state index contributed by atoms with van der Waals surface area (Å²) in [6.07, 6.45) is 7.11. The van der Waals surface area contributed by atoms with Crippen molar-refractivity contribution in [1.82, 2.24) is 19.6 Å². The van der Waals surface area contributed by atoms with E-state index in [1.807, 2.05) is 39.0 Å². The third-order valence-corrected chi connectivity index (χ3v) is 9.37. The van der Waals surface area contributed by atoms with Crippen LogP contribution < -0.4 is 4.90 Å². The number of hydrogen-bond donors (Lipinski definition) is 1. The fraction of sp³-hybridized carbons (Fsp3) is 0.556. The number of nitrogens with zero attached hydrogens (tertiary/aromatic N) is 5. The number of amides is 2. The van der Waals surface area contributed by atoms with E-state index in [1.165, 1.54) is 12.1 Å². The highest BCUT2D eigenvalue weighted by atomic mass is 19.1. The van der Waals surface area contributed by atoms with Gasteiger partial charge >= 0.3 is 12.1 Å². The van der Waals surface area contributed by atoms with Crippen LogP contribution in [-0.2, 0) is 30.3 Å². The first-order valence-corrected chi connectivity index (χ1v) is 17.1. The summed E-state index contributed by atoms with van der Waals surface area (Å²) < 4.78 is 33.8. The van der Waals surface area contributed by atoms with E-state index in [9.17, 15) is 23.9 Å². The standard InChI is InChI=1S/C36H48FN5O7/c1-25-5-7-31(43)23-34(45)49-35(26(2)6-8-32(25)48-36(46)41-15-17-47-18-16-41)27(3)19-28-20-29(37)22-30(21-28)39-11-13-40(14-12-39)33(44)24-42-10-4-9-38-42/h4,6,8-10,19-22,25-26,31-32,35,43H,5,7,11-18,23-24H2,1-3H3/b8-6+,27-19+/t25-,26-,31+,32+,35-/m0/s1. The molecule has 0 bridgehead atoms. The van der Waals surface area contributed by atoms with Crippen molar-refractivity contribution in [3.05, 3.63) is 65.8 Å². The maximum absolute atomic E-state index is 15.0. The van der Waals surface area contributed by atoms with Gasteiger partial charge in [-0.1, -0.05) is 26.0 Å². The molecule has 1 aromatic heterocycles. The Morgan fingerprint density at radius 1 is 1.04 bits per heavy atom. The third-order valence-electron chi connectivity index (χ3n) is 9.37. The first-order chi connectivity index (χ1) is 23.5. The molecule has 1 aromatic carbocycles. The van der Waals surface area contributed by atoms with Gasteiger partial charge in [-0.25, -0.2) is 9.18 Å². The Labute approximate surface area is 287 Å². The number of carbonyl (C=O) groups is 3. The molecule has 2 amide bonds. The molecule has 0 saturated carbocycles. The summed E-state index contributed by atoms with van der Waals surface area (Å²) in [7, 11) is 0. The molecule has 4 heterocycles. The molecular formula is C36H48FN5O7. The highest BCUT2D eigenvalue weighted by molar-refractivity contribution is 5.76. The number of aromatic nitrogens is 2. The van der Waals surface area contributed by atoms with E-state index >= 15 is 0 Å². The average Bonchev–Trinajstić information content (AvgIpc) is 3.60. The third kappa shape index (κ3) is 10.1. The van der Waals surface area contributed by atoms with Crippen molar-refractivity contribution >= 4 is 29.7 Å². The molecule has 266 valence electrons. The monoisotopic (exact) mass is 681 g/mol. The molecule has 0 unspecified atom stereocenters. The van der Waals surface area contributed by atoms with Crippen LogP contribution in [0, 0.1) is 17.7 Å². The topological polar surface area (TPSA) is 127 Å². The van der Waals surface area contributed by atoms with Crippen molar-refractivity contribution < 1.29 is 38.1 Å². The minimum atomic E-state index is -0.902. The molecule has 13 heteroatoms. The highest BCUT2D eigenvalue weighted by Crippen LogP contribution is 2.28. The van der Waals surface area contributed by atoms with Crippen LogP contribution in [0.1, 0.15) is 45.6 Å². The number of aliphatic hydroxyl groups is 1. The lowest BCUT2D eigenvalue weighted by Crippen LogP contribution is -2.49. The molecule has 12 nitrogen and oxygen atoms in total. The van der Waals surface area contributed by atoms with E-state index < -0.39 is 36.2 Å². The van der Waals surface area contributed by atoms with Gasteiger partial charge in [0.1, 0.15) is 24.6 Å². The maximum Gasteiger partial charge on any atom is 0.410 e. The highest BCUT2D eigenvalue weighted by Gasteiger charge is 2.29. The van der Waals surface area contributed by atoms with Gasteiger partial charge in [0.25, 0.3) is 0 Å². The van der Waals surface area contributed by atoms with Crippen LogP contribution in [0.2, 0.25) is 0 Å². The number of hydrogen-bond acceptors (Lipinski definition) is 9. The zero-order chi connectivity index (χ0) is 34.9.